The molecule has 17 heavy (non-hydrogen) atoms. The van der Waals surface area contributed by atoms with Crippen LogP contribution in [0.3, 0.4) is 0 Å². The number of benzene rings is 1. The maximum Gasteiger partial charge on any atom is 0.0239 e. The molecule has 1 aromatic heterocycles. The van der Waals surface area contributed by atoms with Gasteiger partial charge in [0.2, 0.25) is 0 Å². The summed E-state index contributed by atoms with van der Waals surface area (Å²) < 4.78 is 0. The van der Waals surface area contributed by atoms with Gasteiger partial charge in [-0.1, -0.05) is 30.3 Å². The zero-order valence-electron chi connectivity index (χ0n) is 9.86. The normalized spacial score (nSPS) is 17.0. The van der Waals surface area contributed by atoms with Crippen LogP contribution in [0.2, 0.25) is 0 Å². The molecule has 0 atom stereocenters. The Balaban J connectivity index is 1.69. The molecule has 0 spiro atoms. The fourth-order valence-electron chi connectivity index (χ4n) is 2.73. The van der Waals surface area contributed by atoms with Crippen LogP contribution < -0.4 is 5.73 Å². The van der Waals surface area contributed by atoms with Crippen LogP contribution in [-0.2, 0) is 19.3 Å². The van der Waals surface area contributed by atoms with Crippen molar-refractivity contribution in [2.75, 3.05) is 0 Å². The highest BCUT2D eigenvalue weighted by Gasteiger charge is 2.32. The lowest BCUT2D eigenvalue weighted by Gasteiger charge is -2.23. The third-order valence-corrected chi connectivity index (χ3v) is 4.59. The van der Waals surface area contributed by atoms with E-state index in [1.807, 2.05) is 11.3 Å². The second-order valence-electron chi connectivity index (χ2n) is 5.06. The van der Waals surface area contributed by atoms with Gasteiger partial charge in [-0.15, -0.1) is 11.3 Å². The van der Waals surface area contributed by atoms with E-state index in [4.69, 9.17) is 5.73 Å². The summed E-state index contributed by atoms with van der Waals surface area (Å²) in [5.41, 5.74) is 9.40. The van der Waals surface area contributed by atoms with Gasteiger partial charge in [-0.3, -0.25) is 0 Å². The molecule has 2 aromatic rings. The van der Waals surface area contributed by atoms with Gasteiger partial charge in [-0.2, -0.15) is 0 Å². The fourth-order valence-corrected chi connectivity index (χ4v) is 3.44. The topological polar surface area (TPSA) is 26.0 Å². The van der Waals surface area contributed by atoms with Crippen molar-refractivity contribution in [2.45, 2.75) is 31.2 Å². The average molecular weight is 243 g/mol. The summed E-state index contributed by atoms with van der Waals surface area (Å²) in [6.07, 6.45) is 4.27. The third kappa shape index (κ3) is 2.28. The van der Waals surface area contributed by atoms with E-state index in [0.717, 1.165) is 25.7 Å². The van der Waals surface area contributed by atoms with Gasteiger partial charge in [-0.05, 0) is 48.3 Å². The molecule has 0 aliphatic heterocycles. The molecular weight excluding hydrogens is 226 g/mol. The van der Waals surface area contributed by atoms with Crippen molar-refractivity contribution < 1.29 is 0 Å². The smallest absolute Gasteiger partial charge is 0.0239 e. The third-order valence-electron chi connectivity index (χ3n) is 3.65. The summed E-state index contributed by atoms with van der Waals surface area (Å²) in [4.78, 5) is 1.45. The molecule has 0 radical (unpaired) electrons. The highest BCUT2D eigenvalue weighted by molar-refractivity contribution is 7.09. The second kappa shape index (κ2) is 4.28. The SMILES string of the molecule is NC1(CCc2cccs2)Cc2ccccc2C1. The first-order valence-electron chi connectivity index (χ1n) is 6.13. The van der Waals surface area contributed by atoms with Gasteiger partial charge in [0.25, 0.3) is 0 Å². The number of hydrogen-bond acceptors (Lipinski definition) is 2. The minimum atomic E-state index is -0.0202. The largest absolute Gasteiger partial charge is 0.324 e. The van der Waals surface area contributed by atoms with Crippen molar-refractivity contribution in [3.05, 3.63) is 57.8 Å². The van der Waals surface area contributed by atoms with Gasteiger partial charge < -0.3 is 5.73 Å². The van der Waals surface area contributed by atoms with Gasteiger partial charge in [0.1, 0.15) is 0 Å². The Morgan fingerprint density at radius 2 is 1.76 bits per heavy atom. The summed E-state index contributed by atoms with van der Waals surface area (Å²) in [6, 6.07) is 13.0. The minimum absolute atomic E-state index is 0.0202. The summed E-state index contributed by atoms with van der Waals surface area (Å²) in [5, 5.41) is 2.14. The van der Waals surface area contributed by atoms with E-state index in [1.165, 1.54) is 16.0 Å². The predicted octanol–water partition coefficient (Wildman–Crippen LogP) is 3.18. The van der Waals surface area contributed by atoms with Crippen LogP contribution in [0, 0.1) is 0 Å². The number of rotatable bonds is 3. The molecule has 88 valence electrons. The van der Waals surface area contributed by atoms with E-state index in [2.05, 4.69) is 41.8 Å². The van der Waals surface area contributed by atoms with Crippen molar-refractivity contribution in [1.29, 1.82) is 0 Å². The van der Waals surface area contributed by atoms with Crippen molar-refractivity contribution in [1.82, 2.24) is 0 Å². The average Bonchev–Trinajstić information content (AvgIpc) is 2.92. The van der Waals surface area contributed by atoms with Crippen molar-refractivity contribution in [3.8, 4) is 0 Å². The van der Waals surface area contributed by atoms with Crippen LogP contribution in [0.25, 0.3) is 0 Å². The lowest BCUT2D eigenvalue weighted by Crippen LogP contribution is -2.41. The van der Waals surface area contributed by atoms with Crippen LogP contribution in [0.1, 0.15) is 22.4 Å². The van der Waals surface area contributed by atoms with E-state index in [-0.39, 0.29) is 5.54 Å². The number of thiophene rings is 1. The first kappa shape index (κ1) is 11.0. The summed E-state index contributed by atoms with van der Waals surface area (Å²) >= 11 is 1.83. The van der Waals surface area contributed by atoms with Crippen molar-refractivity contribution >= 4 is 11.3 Å². The van der Waals surface area contributed by atoms with E-state index >= 15 is 0 Å². The maximum atomic E-state index is 6.53. The second-order valence-corrected chi connectivity index (χ2v) is 6.10. The molecule has 0 unspecified atom stereocenters. The van der Waals surface area contributed by atoms with Crippen LogP contribution in [-0.4, -0.2) is 5.54 Å². The lowest BCUT2D eigenvalue weighted by atomic mass is 9.91. The Bertz CT molecular complexity index is 476. The van der Waals surface area contributed by atoms with Gasteiger partial charge in [-0.25, -0.2) is 0 Å². The monoisotopic (exact) mass is 243 g/mol. The molecule has 1 aromatic carbocycles. The molecule has 1 aliphatic rings. The molecule has 0 amide bonds. The van der Waals surface area contributed by atoms with Gasteiger partial charge in [0, 0.05) is 10.4 Å². The highest BCUT2D eigenvalue weighted by Crippen LogP contribution is 2.31. The Morgan fingerprint density at radius 1 is 1.06 bits per heavy atom. The summed E-state index contributed by atoms with van der Waals surface area (Å²) in [5.74, 6) is 0. The van der Waals surface area contributed by atoms with Crippen LogP contribution in [0.15, 0.2) is 41.8 Å². The van der Waals surface area contributed by atoms with Crippen LogP contribution >= 0.6 is 11.3 Å². The number of nitrogens with two attached hydrogens (primary N) is 1. The van der Waals surface area contributed by atoms with E-state index in [9.17, 15) is 0 Å². The number of fused-ring (bicyclic) bond motifs is 1. The standard InChI is InChI=1S/C15H17NS/c16-15(8-7-14-6-3-9-17-14)10-12-4-1-2-5-13(12)11-15/h1-6,9H,7-8,10-11,16H2. The number of aryl methyl sites for hydroxylation is 1. The molecule has 2 N–H and O–H groups in total. The summed E-state index contributed by atoms with van der Waals surface area (Å²) in [6.45, 7) is 0. The Morgan fingerprint density at radius 3 is 2.35 bits per heavy atom. The van der Waals surface area contributed by atoms with E-state index in [1.54, 1.807) is 0 Å². The lowest BCUT2D eigenvalue weighted by molar-refractivity contribution is 0.416. The summed E-state index contributed by atoms with van der Waals surface area (Å²) in [7, 11) is 0. The molecule has 1 aliphatic carbocycles. The molecule has 0 fully saturated rings. The van der Waals surface area contributed by atoms with Crippen LogP contribution in [0.4, 0.5) is 0 Å². The quantitative estimate of drug-likeness (QED) is 0.880. The van der Waals surface area contributed by atoms with Gasteiger partial charge in [0.05, 0.1) is 0 Å². The van der Waals surface area contributed by atoms with Crippen molar-refractivity contribution in [3.63, 3.8) is 0 Å². The molecule has 1 nitrogen and oxygen atoms in total. The molecule has 0 bridgehead atoms. The van der Waals surface area contributed by atoms with Crippen LogP contribution in [0.5, 0.6) is 0 Å². The maximum absolute atomic E-state index is 6.53. The molecule has 3 rings (SSSR count). The van der Waals surface area contributed by atoms with E-state index < -0.39 is 0 Å². The number of hydrogen-bond donors (Lipinski definition) is 1. The molecule has 0 saturated carbocycles. The Hall–Kier alpha value is -1.12. The predicted molar refractivity (Wildman–Crippen MR) is 73.4 cm³/mol. The van der Waals surface area contributed by atoms with Gasteiger partial charge in [0.15, 0.2) is 0 Å². The van der Waals surface area contributed by atoms with Gasteiger partial charge >= 0.3 is 0 Å². The van der Waals surface area contributed by atoms with Crippen molar-refractivity contribution in [2.24, 2.45) is 5.73 Å². The minimum Gasteiger partial charge on any atom is -0.324 e. The Labute approximate surface area is 106 Å². The Kier molecular flexibility index (Phi) is 2.77. The molecule has 1 heterocycles. The molecule has 2 heteroatoms. The zero-order valence-corrected chi connectivity index (χ0v) is 10.7. The molecule has 0 saturated heterocycles. The zero-order chi connectivity index (χ0) is 11.7. The highest BCUT2D eigenvalue weighted by atomic mass is 32.1. The first-order chi connectivity index (χ1) is 8.25. The van der Waals surface area contributed by atoms with E-state index in [0.29, 0.717) is 0 Å². The fraction of sp³-hybridized carbons (Fsp3) is 0.333. The first-order valence-corrected chi connectivity index (χ1v) is 7.01. The molecular formula is C15H17NS.